The van der Waals surface area contributed by atoms with Crippen LogP contribution in [0.25, 0.3) is 33.9 Å². The van der Waals surface area contributed by atoms with E-state index in [4.69, 9.17) is 5.73 Å². The third-order valence-corrected chi connectivity index (χ3v) is 5.69. The third-order valence-electron chi connectivity index (χ3n) is 5.69. The molecule has 0 spiro atoms. The Kier molecular flexibility index (Phi) is 7.31. The number of hydrogen-bond acceptors (Lipinski definition) is 7. The van der Waals surface area contributed by atoms with E-state index in [0.717, 1.165) is 22.9 Å². The number of hydrogen-bond donors (Lipinski definition) is 1. The molecule has 0 aliphatic carbocycles. The highest BCUT2D eigenvalue weighted by atomic mass is 19.1. The molecule has 4 aromatic heterocycles. The number of benzene rings is 2. The molecule has 2 N–H and O–H groups in total. The molecule has 6 aromatic rings. The first-order valence-corrected chi connectivity index (χ1v) is 11.8. The highest BCUT2D eigenvalue weighted by Gasteiger charge is 2.13. The highest BCUT2D eigenvalue weighted by molar-refractivity contribution is 5.58. The molecule has 2 aromatic carbocycles. The maximum absolute atomic E-state index is 13.9. The fourth-order valence-corrected chi connectivity index (χ4v) is 3.74. The summed E-state index contributed by atoms with van der Waals surface area (Å²) in [5.74, 6) is -1.12. The van der Waals surface area contributed by atoms with Gasteiger partial charge in [-0.25, -0.2) is 18.1 Å². The minimum absolute atomic E-state index is 0.141. The topological polar surface area (TPSA) is 131 Å². The lowest BCUT2D eigenvalue weighted by Gasteiger charge is -2.03. The summed E-state index contributed by atoms with van der Waals surface area (Å²) in [4.78, 5) is 18.4. The Bertz CT molecular complexity index is 1770. The summed E-state index contributed by atoms with van der Waals surface area (Å²) < 4.78 is 30.5. The Hall–Kier alpha value is -5.78. The van der Waals surface area contributed by atoms with Crippen molar-refractivity contribution in [1.82, 2.24) is 29.5 Å². The van der Waals surface area contributed by atoms with E-state index in [1.54, 1.807) is 55.4 Å². The van der Waals surface area contributed by atoms with Gasteiger partial charge in [-0.15, -0.1) is 0 Å². The predicted molar refractivity (Wildman–Crippen MR) is 145 cm³/mol. The first-order valence-electron chi connectivity index (χ1n) is 11.8. The molecule has 0 aliphatic heterocycles. The van der Waals surface area contributed by atoms with Gasteiger partial charge >= 0.3 is 0 Å². The van der Waals surface area contributed by atoms with Crippen LogP contribution in [0.4, 0.5) is 20.2 Å². The number of non-ortho nitro benzene ring substituents is 1. The second-order valence-corrected chi connectivity index (χ2v) is 8.38. The summed E-state index contributed by atoms with van der Waals surface area (Å²) in [5, 5.41) is 18.8. The zero-order valence-electron chi connectivity index (χ0n) is 20.7. The van der Waals surface area contributed by atoms with E-state index < -0.39 is 16.6 Å². The molecule has 0 saturated carbocycles. The van der Waals surface area contributed by atoms with Crippen LogP contribution in [-0.4, -0.2) is 34.5 Å². The molecule has 0 fully saturated rings. The molecular weight excluding hydrogens is 518 g/mol. The second kappa shape index (κ2) is 11.3. The number of pyridine rings is 2. The zero-order valence-corrected chi connectivity index (χ0v) is 20.7. The molecule has 4 heterocycles. The van der Waals surface area contributed by atoms with Crippen LogP contribution in [-0.2, 0) is 0 Å². The van der Waals surface area contributed by atoms with Crippen LogP contribution in [0.5, 0.6) is 0 Å². The van der Waals surface area contributed by atoms with Crippen LogP contribution in [0, 0.1) is 21.7 Å². The molecule has 0 unspecified atom stereocenters. The number of halogens is 2. The van der Waals surface area contributed by atoms with Crippen molar-refractivity contribution in [3.8, 4) is 33.9 Å². The maximum Gasteiger partial charge on any atom is 0.272 e. The minimum atomic E-state index is -0.708. The fraction of sp³-hybridized carbons (Fsp3) is 0. The molecule has 0 saturated heterocycles. The summed E-state index contributed by atoms with van der Waals surface area (Å²) in [6.45, 7) is 0. The average molecular weight is 539 g/mol. The van der Waals surface area contributed by atoms with E-state index in [9.17, 15) is 18.9 Å². The van der Waals surface area contributed by atoms with Crippen molar-refractivity contribution >= 4 is 11.4 Å². The van der Waals surface area contributed by atoms with E-state index in [0.29, 0.717) is 17.1 Å². The van der Waals surface area contributed by atoms with Gasteiger partial charge in [-0.2, -0.15) is 10.2 Å². The maximum atomic E-state index is 13.9. The molecule has 12 heteroatoms. The minimum Gasteiger partial charge on any atom is -0.399 e. The van der Waals surface area contributed by atoms with Gasteiger partial charge in [-0.3, -0.25) is 20.1 Å². The first kappa shape index (κ1) is 25.9. The molecular formula is C28H20F2N8O2. The number of aromatic nitrogens is 6. The second-order valence-electron chi connectivity index (χ2n) is 8.38. The van der Waals surface area contributed by atoms with Crippen LogP contribution < -0.4 is 5.73 Å². The summed E-state index contributed by atoms with van der Waals surface area (Å²) in [6, 6.07) is 19.0. The van der Waals surface area contributed by atoms with Crippen LogP contribution in [0.1, 0.15) is 0 Å². The number of nitro groups is 1. The molecule has 0 atom stereocenters. The Morgan fingerprint density at radius 1 is 0.725 bits per heavy atom. The van der Waals surface area contributed by atoms with E-state index in [1.165, 1.54) is 27.6 Å². The lowest BCUT2D eigenvalue weighted by molar-refractivity contribution is -0.385. The summed E-state index contributed by atoms with van der Waals surface area (Å²) in [6.07, 6.45) is 9.92. The van der Waals surface area contributed by atoms with Gasteiger partial charge < -0.3 is 5.73 Å². The Balaban J connectivity index is 0.000000162. The monoisotopic (exact) mass is 538 g/mol. The molecule has 0 bridgehead atoms. The number of rotatable bonds is 5. The molecule has 198 valence electrons. The molecule has 6 rings (SSSR count). The van der Waals surface area contributed by atoms with Crippen LogP contribution in [0.3, 0.4) is 0 Å². The Morgan fingerprint density at radius 2 is 1.25 bits per heavy atom. The van der Waals surface area contributed by atoms with E-state index >= 15 is 0 Å². The van der Waals surface area contributed by atoms with Crippen molar-refractivity contribution < 1.29 is 13.7 Å². The van der Waals surface area contributed by atoms with Crippen LogP contribution in [0.15, 0.2) is 110 Å². The standard InChI is InChI=1S/C14H9FN4O2.C14H11FN4/c15-12-7-11(19(20)21)4-5-14(12)18-9-10(8-17-18)13-3-1-2-6-16-13;15-12-7-11(16)4-5-14(12)19-9-10(8-18-19)13-3-1-2-6-17-13/h1-9H;1-9H,16H2. The number of nitrogens with zero attached hydrogens (tertiary/aromatic N) is 7. The lowest BCUT2D eigenvalue weighted by Crippen LogP contribution is -1.99. The summed E-state index contributed by atoms with van der Waals surface area (Å²) in [7, 11) is 0. The molecule has 40 heavy (non-hydrogen) atoms. The quantitative estimate of drug-likeness (QED) is 0.171. The summed E-state index contributed by atoms with van der Waals surface area (Å²) >= 11 is 0. The molecule has 0 aliphatic rings. The molecule has 0 amide bonds. The van der Waals surface area contributed by atoms with Crippen molar-refractivity contribution in [3.63, 3.8) is 0 Å². The van der Waals surface area contributed by atoms with Crippen molar-refractivity contribution in [3.05, 3.63) is 132 Å². The predicted octanol–water partition coefficient (Wildman–Crippen LogP) is 5.64. The number of nitro benzene ring substituents is 1. The smallest absolute Gasteiger partial charge is 0.272 e. The molecule has 0 radical (unpaired) electrons. The van der Waals surface area contributed by atoms with E-state index in [1.807, 2.05) is 30.3 Å². The largest absolute Gasteiger partial charge is 0.399 e. The van der Waals surface area contributed by atoms with Crippen molar-refractivity contribution in [2.75, 3.05) is 5.73 Å². The van der Waals surface area contributed by atoms with Crippen LogP contribution >= 0.6 is 0 Å². The SMILES string of the molecule is Nc1ccc(-n2cc(-c3ccccn3)cn2)c(F)c1.O=[N+]([O-])c1ccc(-n2cc(-c3ccccn3)cn2)c(F)c1. The Labute approximate surface area is 226 Å². The third kappa shape index (κ3) is 5.70. The van der Waals surface area contributed by atoms with Gasteiger partial charge in [0.15, 0.2) is 11.6 Å². The molecule has 10 nitrogen and oxygen atoms in total. The van der Waals surface area contributed by atoms with Gasteiger partial charge in [0.05, 0.1) is 34.8 Å². The van der Waals surface area contributed by atoms with Crippen LogP contribution in [0.2, 0.25) is 0 Å². The van der Waals surface area contributed by atoms with Gasteiger partial charge in [-0.05, 0) is 48.5 Å². The number of nitrogens with two attached hydrogens (primary N) is 1. The zero-order chi connectivity index (χ0) is 28.1. The van der Waals surface area contributed by atoms with E-state index in [-0.39, 0.29) is 11.4 Å². The van der Waals surface area contributed by atoms with E-state index in [2.05, 4.69) is 20.2 Å². The van der Waals surface area contributed by atoms with Crippen molar-refractivity contribution in [1.29, 1.82) is 0 Å². The van der Waals surface area contributed by atoms with Gasteiger partial charge in [0.25, 0.3) is 5.69 Å². The average Bonchev–Trinajstić information content (AvgIpc) is 3.65. The number of nitrogen functional groups attached to an aromatic ring is 1. The first-order chi connectivity index (χ1) is 19.4. The van der Waals surface area contributed by atoms with Gasteiger partial charge in [-0.1, -0.05) is 12.1 Å². The normalized spacial score (nSPS) is 10.6. The Morgan fingerprint density at radius 3 is 1.70 bits per heavy atom. The van der Waals surface area contributed by atoms with Gasteiger partial charge in [0.2, 0.25) is 0 Å². The van der Waals surface area contributed by atoms with Gasteiger partial charge in [0.1, 0.15) is 11.4 Å². The summed E-state index contributed by atoms with van der Waals surface area (Å²) in [5.41, 5.74) is 9.18. The van der Waals surface area contributed by atoms with Crippen molar-refractivity contribution in [2.24, 2.45) is 0 Å². The van der Waals surface area contributed by atoms with Gasteiger partial charge in [0, 0.05) is 47.7 Å². The van der Waals surface area contributed by atoms with Crippen molar-refractivity contribution in [2.45, 2.75) is 0 Å². The number of anilines is 1. The fourth-order valence-electron chi connectivity index (χ4n) is 3.74. The lowest BCUT2D eigenvalue weighted by atomic mass is 10.2. The highest BCUT2D eigenvalue weighted by Crippen LogP contribution is 2.23.